The van der Waals surface area contributed by atoms with Crippen molar-refractivity contribution in [2.24, 2.45) is 0 Å². The minimum absolute atomic E-state index is 0.116. The first-order chi connectivity index (χ1) is 12.8. The normalized spacial score (nSPS) is 13.5. The first-order valence-electron chi connectivity index (χ1n) is 8.71. The number of hydrogen-bond donors (Lipinski definition) is 1. The number of nitrogens with zero attached hydrogens (tertiary/aromatic N) is 3. The zero-order valence-corrected chi connectivity index (χ0v) is 15.2. The van der Waals surface area contributed by atoms with Crippen LogP contribution in [0.4, 0.5) is 0 Å². The van der Waals surface area contributed by atoms with Gasteiger partial charge in [-0.25, -0.2) is 4.98 Å². The molecule has 26 heavy (non-hydrogen) atoms. The van der Waals surface area contributed by atoms with Crippen LogP contribution in [0.15, 0.2) is 66.1 Å². The molecule has 2 aromatic carbocycles. The van der Waals surface area contributed by atoms with Crippen molar-refractivity contribution < 1.29 is 4.79 Å². The highest BCUT2D eigenvalue weighted by molar-refractivity contribution is 7.98. The first kappa shape index (κ1) is 16.8. The predicted molar refractivity (Wildman–Crippen MR) is 102 cm³/mol. The van der Waals surface area contributed by atoms with Gasteiger partial charge in [0.25, 0.3) is 5.91 Å². The van der Waals surface area contributed by atoms with Gasteiger partial charge >= 0.3 is 0 Å². The Kier molecular flexibility index (Phi) is 5.02. The summed E-state index contributed by atoms with van der Waals surface area (Å²) in [6.07, 6.45) is 3.71. The van der Waals surface area contributed by atoms with Crippen LogP contribution in [0.1, 0.15) is 34.3 Å². The van der Waals surface area contributed by atoms with Crippen molar-refractivity contribution in [2.75, 3.05) is 0 Å². The molecule has 0 saturated heterocycles. The van der Waals surface area contributed by atoms with Crippen molar-refractivity contribution in [2.45, 2.75) is 36.3 Å². The van der Waals surface area contributed by atoms with Crippen LogP contribution in [0.25, 0.3) is 0 Å². The van der Waals surface area contributed by atoms with E-state index in [1.54, 1.807) is 11.8 Å². The third kappa shape index (κ3) is 4.14. The smallest absolute Gasteiger partial charge is 0.254 e. The SMILES string of the molecule is O=C(c1ccc(CSc2ncn[nH]2)cc1)N(Cc1ccccc1)C1CC1. The molecular weight excluding hydrogens is 344 g/mol. The highest BCUT2D eigenvalue weighted by Gasteiger charge is 2.32. The monoisotopic (exact) mass is 364 g/mol. The van der Waals surface area contributed by atoms with Gasteiger partial charge in [-0.15, -0.1) is 0 Å². The molecule has 3 aromatic rings. The minimum Gasteiger partial charge on any atom is -0.331 e. The maximum atomic E-state index is 13.0. The number of H-pyrrole nitrogens is 1. The quantitative estimate of drug-likeness (QED) is 0.646. The Labute approximate surface area is 156 Å². The zero-order valence-electron chi connectivity index (χ0n) is 14.3. The molecule has 1 heterocycles. The lowest BCUT2D eigenvalue weighted by Gasteiger charge is -2.23. The second-order valence-corrected chi connectivity index (χ2v) is 7.39. The van der Waals surface area contributed by atoms with Crippen LogP contribution in [0.5, 0.6) is 0 Å². The van der Waals surface area contributed by atoms with Crippen molar-refractivity contribution in [1.29, 1.82) is 0 Å². The van der Waals surface area contributed by atoms with E-state index in [4.69, 9.17) is 0 Å². The van der Waals surface area contributed by atoms with Crippen LogP contribution >= 0.6 is 11.8 Å². The van der Waals surface area contributed by atoms with E-state index in [0.717, 1.165) is 34.9 Å². The summed E-state index contributed by atoms with van der Waals surface area (Å²) in [5.41, 5.74) is 3.08. The van der Waals surface area contributed by atoms with Crippen LogP contribution in [-0.4, -0.2) is 32.0 Å². The Bertz CT molecular complexity index is 845. The molecule has 0 bridgehead atoms. The van der Waals surface area contributed by atoms with E-state index in [1.807, 2.05) is 47.4 Å². The molecule has 0 unspecified atom stereocenters. The largest absolute Gasteiger partial charge is 0.331 e. The van der Waals surface area contributed by atoms with E-state index in [9.17, 15) is 4.79 Å². The van der Waals surface area contributed by atoms with Gasteiger partial charge in [-0.1, -0.05) is 54.2 Å². The topological polar surface area (TPSA) is 61.9 Å². The molecular formula is C20H20N4OS. The van der Waals surface area contributed by atoms with Crippen LogP contribution < -0.4 is 0 Å². The van der Waals surface area contributed by atoms with E-state index < -0.39 is 0 Å². The van der Waals surface area contributed by atoms with Crippen molar-refractivity contribution in [3.8, 4) is 0 Å². The third-order valence-electron chi connectivity index (χ3n) is 4.41. The van der Waals surface area contributed by atoms with Gasteiger partial charge in [0, 0.05) is 23.9 Å². The van der Waals surface area contributed by atoms with Crippen molar-refractivity contribution in [3.63, 3.8) is 0 Å². The fourth-order valence-electron chi connectivity index (χ4n) is 2.86. The summed E-state index contributed by atoms with van der Waals surface area (Å²) in [6, 6.07) is 18.5. The molecule has 0 radical (unpaired) electrons. The van der Waals surface area contributed by atoms with Crippen LogP contribution in [0.2, 0.25) is 0 Å². The Balaban J connectivity index is 1.42. The molecule has 4 rings (SSSR count). The van der Waals surface area contributed by atoms with Gasteiger partial charge in [-0.3, -0.25) is 9.89 Å². The summed E-state index contributed by atoms with van der Waals surface area (Å²) >= 11 is 1.59. The van der Waals surface area contributed by atoms with Gasteiger partial charge in [0.15, 0.2) is 5.16 Å². The summed E-state index contributed by atoms with van der Waals surface area (Å²) in [6.45, 7) is 0.674. The maximum absolute atomic E-state index is 13.0. The molecule has 1 N–H and O–H groups in total. The number of benzene rings is 2. The van der Waals surface area contributed by atoms with Gasteiger partial charge in [0.2, 0.25) is 0 Å². The Morgan fingerprint density at radius 1 is 1.08 bits per heavy atom. The molecule has 1 fully saturated rings. The molecule has 0 atom stereocenters. The maximum Gasteiger partial charge on any atom is 0.254 e. The summed E-state index contributed by atoms with van der Waals surface area (Å²) in [7, 11) is 0. The molecule has 1 aliphatic carbocycles. The first-order valence-corrected chi connectivity index (χ1v) is 9.70. The summed E-state index contributed by atoms with van der Waals surface area (Å²) in [5, 5.41) is 7.48. The van der Waals surface area contributed by atoms with Crippen LogP contribution in [-0.2, 0) is 12.3 Å². The second-order valence-electron chi connectivity index (χ2n) is 6.43. The van der Waals surface area contributed by atoms with Crippen molar-refractivity contribution >= 4 is 17.7 Å². The lowest BCUT2D eigenvalue weighted by Crippen LogP contribution is -2.32. The fourth-order valence-corrected chi connectivity index (χ4v) is 3.59. The standard InChI is InChI=1S/C20H20N4OS/c25-19(24(18-10-11-18)12-15-4-2-1-3-5-15)17-8-6-16(7-9-17)13-26-20-21-14-22-23-20/h1-9,14,18H,10-13H2,(H,21,22,23). The summed E-state index contributed by atoms with van der Waals surface area (Å²) in [4.78, 5) is 19.1. The number of nitrogens with one attached hydrogen (secondary N) is 1. The Hall–Kier alpha value is -2.60. The lowest BCUT2D eigenvalue weighted by atomic mass is 10.1. The Morgan fingerprint density at radius 3 is 2.50 bits per heavy atom. The van der Waals surface area contributed by atoms with E-state index in [-0.39, 0.29) is 5.91 Å². The number of aromatic amines is 1. The van der Waals surface area contributed by atoms with Gasteiger partial charge in [-0.05, 0) is 36.1 Å². The summed E-state index contributed by atoms with van der Waals surface area (Å²) in [5.74, 6) is 0.908. The van der Waals surface area contributed by atoms with Crippen molar-refractivity contribution in [1.82, 2.24) is 20.1 Å². The molecule has 1 saturated carbocycles. The lowest BCUT2D eigenvalue weighted by molar-refractivity contribution is 0.0730. The molecule has 6 heteroatoms. The fraction of sp³-hybridized carbons (Fsp3) is 0.250. The van der Waals surface area contributed by atoms with E-state index in [0.29, 0.717) is 12.6 Å². The Morgan fingerprint density at radius 2 is 1.85 bits per heavy atom. The van der Waals surface area contributed by atoms with Gasteiger partial charge in [0.1, 0.15) is 6.33 Å². The van der Waals surface area contributed by atoms with E-state index >= 15 is 0 Å². The molecule has 1 amide bonds. The summed E-state index contributed by atoms with van der Waals surface area (Å²) < 4.78 is 0. The van der Waals surface area contributed by atoms with E-state index in [2.05, 4.69) is 27.3 Å². The zero-order chi connectivity index (χ0) is 17.8. The number of aromatic nitrogens is 3. The number of thioether (sulfide) groups is 1. The highest BCUT2D eigenvalue weighted by Crippen LogP contribution is 2.30. The second kappa shape index (κ2) is 7.74. The number of hydrogen-bond acceptors (Lipinski definition) is 4. The van der Waals surface area contributed by atoms with Gasteiger partial charge in [-0.2, -0.15) is 5.10 Å². The number of carbonyl (C=O) groups excluding carboxylic acids is 1. The minimum atomic E-state index is 0.116. The van der Waals surface area contributed by atoms with Crippen molar-refractivity contribution in [3.05, 3.63) is 77.6 Å². The number of carbonyl (C=O) groups is 1. The molecule has 0 spiro atoms. The van der Waals surface area contributed by atoms with Crippen LogP contribution in [0, 0.1) is 0 Å². The molecule has 1 aromatic heterocycles. The van der Waals surface area contributed by atoms with E-state index in [1.165, 1.54) is 11.9 Å². The molecule has 132 valence electrons. The average Bonchev–Trinajstić information content (AvgIpc) is 3.40. The predicted octanol–water partition coefficient (Wildman–Crippen LogP) is 3.90. The third-order valence-corrected chi connectivity index (χ3v) is 5.36. The highest BCUT2D eigenvalue weighted by atomic mass is 32.2. The van der Waals surface area contributed by atoms with Gasteiger partial charge in [0.05, 0.1) is 0 Å². The molecule has 5 nitrogen and oxygen atoms in total. The molecule has 1 aliphatic rings. The van der Waals surface area contributed by atoms with Crippen LogP contribution in [0.3, 0.4) is 0 Å². The average molecular weight is 364 g/mol. The molecule has 0 aliphatic heterocycles. The number of amides is 1. The van der Waals surface area contributed by atoms with Gasteiger partial charge < -0.3 is 4.90 Å². The number of rotatable bonds is 7.